The minimum absolute atomic E-state index is 0.257. The molecule has 0 amide bonds. The van der Waals surface area contributed by atoms with E-state index in [-0.39, 0.29) is 6.61 Å². The van der Waals surface area contributed by atoms with Crippen LogP contribution in [-0.4, -0.2) is 22.9 Å². The lowest BCUT2D eigenvalue weighted by Crippen LogP contribution is -2.16. The first-order chi connectivity index (χ1) is 6.69. The third-order valence-corrected chi connectivity index (χ3v) is 3.14. The van der Waals surface area contributed by atoms with Crippen molar-refractivity contribution in [3.63, 3.8) is 0 Å². The Balaban J connectivity index is 2.94. The number of aliphatic hydroxyl groups excluding tert-OH is 2. The van der Waals surface area contributed by atoms with Crippen molar-refractivity contribution in [3.05, 3.63) is 32.9 Å². The van der Waals surface area contributed by atoms with Crippen molar-refractivity contribution in [1.82, 2.24) is 0 Å². The molecule has 0 bridgehead atoms. The zero-order chi connectivity index (χ0) is 10.6. The van der Waals surface area contributed by atoms with Gasteiger partial charge in [-0.15, -0.1) is 0 Å². The van der Waals surface area contributed by atoms with Gasteiger partial charge in [0, 0.05) is 9.99 Å². The molecular weight excluding hydrogens is 293 g/mol. The van der Waals surface area contributed by atoms with Crippen molar-refractivity contribution < 1.29 is 10.2 Å². The fourth-order valence-electron chi connectivity index (χ4n) is 1.14. The summed E-state index contributed by atoms with van der Waals surface area (Å²) in [6.07, 6.45) is -0.373. The summed E-state index contributed by atoms with van der Waals surface area (Å²) < 4.78 is 0.847. The summed E-state index contributed by atoms with van der Waals surface area (Å²) in [5.41, 5.74) is 1.50. The molecule has 1 atom stereocenters. The predicted molar refractivity (Wildman–Crippen MR) is 60.7 cm³/mol. The van der Waals surface area contributed by atoms with E-state index in [4.69, 9.17) is 10.4 Å². The molecule has 14 heavy (non-hydrogen) atoms. The van der Waals surface area contributed by atoms with Gasteiger partial charge in [0.2, 0.25) is 0 Å². The highest BCUT2D eigenvalue weighted by atomic mass is 127. The second-order valence-corrected chi connectivity index (χ2v) is 4.01. The molecule has 2 N–H and O–H groups in total. The van der Waals surface area contributed by atoms with Gasteiger partial charge < -0.3 is 10.2 Å². The molecule has 1 aromatic rings. The normalized spacial score (nSPS) is 12.1. The average molecular weight is 303 g/mol. The maximum absolute atomic E-state index is 9.26. The Bertz CT molecular complexity index is 360. The molecule has 3 nitrogen and oxygen atoms in total. The van der Waals surface area contributed by atoms with Crippen molar-refractivity contribution in [2.45, 2.75) is 12.5 Å². The van der Waals surface area contributed by atoms with Crippen molar-refractivity contribution in [2.24, 2.45) is 0 Å². The van der Waals surface area contributed by atoms with Gasteiger partial charge in [0.05, 0.1) is 18.3 Å². The molecule has 0 spiro atoms. The van der Waals surface area contributed by atoms with Crippen LogP contribution in [0.2, 0.25) is 0 Å². The van der Waals surface area contributed by atoms with E-state index < -0.39 is 6.10 Å². The highest BCUT2D eigenvalue weighted by Gasteiger charge is 2.09. The number of halogens is 1. The first-order valence-electron chi connectivity index (χ1n) is 4.15. The summed E-state index contributed by atoms with van der Waals surface area (Å²) in [5, 5.41) is 26.7. The van der Waals surface area contributed by atoms with Crippen LogP contribution in [0.25, 0.3) is 0 Å². The van der Waals surface area contributed by atoms with Gasteiger partial charge in [0.15, 0.2) is 0 Å². The number of nitriles is 1. The van der Waals surface area contributed by atoms with Crippen molar-refractivity contribution in [2.75, 3.05) is 6.61 Å². The third kappa shape index (κ3) is 2.67. The zero-order valence-corrected chi connectivity index (χ0v) is 9.60. The van der Waals surface area contributed by atoms with Crippen LogP contribution >= 0.6 is 22.6 Å². The molecule has 0 aliphatic rings. The summed E-state index contributed by atoms with van der Waals surface area (Å²) in [5.74, 6) is 0. The second-order valence-electron chi connectivity index (χ2n) is 2.93. The molecule has 0 radical (unpaired) electrons. The fraction of sp³-hybridized carbons (Fsp3) is 0.300. The topological polar surface area (TPSA) is 64.2 Å². The molecule has 0 aromatic heterocycles. The van der Waals surface area contributed by atoms with Gasteiger partial charge >= 0.3 is 0 Å². The van der Waals surface area contributed by atoms with E-state index in [1.807, 2.05) is 6.07 Å². The SMILES string of the molecule is N#Cc1cccc(CC(O)CO)c1I. The lowest BCUT2D eigenvalue weighted by molar-refractivity contribution is 0.0953. The van der Waals surface area contributed by atoms with Crippen LogP contribution in [0.15, 0.2) is 18.2 Å². The van der Waals surface area contributed by atoms with Crippen LogP contribution in [0.1, 0.15) is 11.1 Å². The van der Waals surface area contributed by atoms with Crippen LogP contribution in [-0.2, 0) is 6.42 Å². The smallest absolute Gasteiger partial charge is 0.100 e. The maximum atomic E-state index is 9.26. The Hall–Kier alpha value is -0.640. The maximum Gasteiger partial charge on any atom is 0.100 e. The summed E-state index contributed by atoms with van der Waals surface area (Å²) in [7, 11) is 0. The van der Waals surface area contributed by atoms with E-state index in [1.54, 1.807) is 12.1 Å². The standard InChI is InChI=1S/C10H10INO2/c11-10-7(4-9(14)6-13)2-1-3-8(10)5-12/h1-3,9,13-14H,4,6H2. The number of hydrogen-bond acceptors (Lipinski definition) is 3. The van der Waals surface area contributed by atoms with Crippen molar-refractivity contribution >= 4 is 22.6 Å². The molecular formula is C10H10INO2. The van der Waals surface area contributed by atoms with Gasteiger partial charge in [0.25, 0.3) is 0 Å². The van der Waals surface area contributed by atoms with Crippen LogP contribution < -0.4 is 0 Å². The van der Waals surface area contributed by atoms with Crippen molar-refractivity contribution in [1.29, 1.82) is 5.26 Å². The molecule has 0 saturated heterocycles. The third-order valence-electron chi connectivity index (χ3n) is 1.87. The molecule has 0 saturated carbocycles. The fourth-order valence-corrected chi connectivity index (χ4v) is 1.84. The van der Waals surface area contributed by atoms with Gasteiger partial charge in [-0.3, -0.25) is 0 Å². The van der Waals surface area contributed by atoms with Crippen LogP contribution in [0.4, 0.5) is 0 Å². The first kappa shape index (κ1) is 11.4. The summed E-state index contributed by atoms with van der Waals surface area (Å²) >= 11 is 2.08. The van der Waals surface area contributed by atoms with Gasteiger partial charge in [-0.05, 0) is 34.2 Å². The number of benzene rings is 1. The lowest BCUT2D eigenvalue weighted by Gasteiger charge is -2.09. The summed E-state index contributed by atoms with van der Waals surface area (Å²) in [6, 6.07) is 7.43. The average Bonchev–Trinajstić information content (AvgIpc) is 2.21. The monoisotopic (exact) mass is 303 g/mol. The molecule has 1 unspecified atom stereocenters. The number of nitrogens with zero attached hydrogens (tertiary/aromatic N) is 1. The molecule has 74 valence electrons. The summed E-state index contributed by atoms with van der Waals surface area (Å²) in [6.45, 7) is -0.257. The first-order valence-corrected chi connectivity index (χ1v) is 5.23. The van der Waals surface area contributed by atoms with Crippen molar-refractivity contribution in [3.8, 4) is 6.07 Å². The number of hydrogen-bond donors (Lipinski definition) is 2. The van der Waals surface area contributed by atoms with E-state index in [1.165, 1.54) is 0 Å². The highest BCUT2D eigenvalue weighted by Crippen LogP contribution is 2.18. The van der Waals surface area contributed by atoms with Gasteiger partial charge in [0.1, 0.15) is 6.07 Å². The second kappa shape index (κ2) is 5.29. The minimum Gasteiger partial charge on any atom is -0.394 e. The number of aliphatic hydroxyl groups is 2. The Morgan fingerprint density at radius 1 is 1.50 bits per heavy atom. The zero-order valence-electron chi connectivity index (χ0n) is 7.44. The molecule has 4 heteroatoms. The molecule has 0 aliphatic heterocycles. The summed E-state index contributed by atoms with van der Waals surface area (Å²) in [4.78, 5) is 0. The Kier molecular flexibility index (Phi) is 4.32. The Labute approximate surface area is 96.1 Å². The predicted octanol–water partition coefficient (Wildman–Crippen LogP) is 1.06. The van der Waals surface area contributed by atoms with E-state index in [9.17, 15) is 5.11 Å². The highest BCUT2D eigenvalue weighted by molar-refractivity contribution is 14.1. The molecule has 0 fully saturated rings. The van der Waals surface area contributed by atoms with Gasteiger partial charge in [-0.2, -0.15) is 5.26 Å². The van der Waals surface area contributed by atoms with Crippen LogP contribution in [0.3, 0.4) is 0 Å². The number of rotatable bonds is 3. The van der Waals surface area contributed by atoms with Crippen LogP contribution in [0, 0.1) is 14.9 Å². The van der Waals surface area contributed by atoms with Gasteiger partial charge in [-0.1, -0.05) is 12.1 Å². The molecule has 1 aromatic carbocycles. The van der Waals surface area contributed by atoms with Gasteiger partial charge in [-0.25, -0.2) is 0 Å². The van der Waals surface area contributed by atoms with E-state index >= 15 is 0 Å². The Morgan fingerprint density at radius 3 is 2.79 bits per heavy atom. The molecule has 0 aliphatic carbocycles. The van der Waals surface area contributed by atoms with E-state index in [2.05, 4.69) is 28.7 Å². The Morgan fingerprint density at radius 2 is 2.21 bits per heavy atom. The van der Waals surface area contributed by atoms with Crippen LogP contribution in [0.5, 0.6) is 0 Å². The molecule has 0 heterocycles. The molecule has 1 rings (SSSR count). The minimum atomic E-state index is -0.752. The quantitative estimate of drug-likeness (QED) is 0.821. The largest absolute Gasteiger partial charge is 0.394 e. The lowest BCUT2D eigenvalue weighted by atomic mass is 10.1. The van der Waals surface area contributed by atoms with E-state index in [0.29, 0.717) is 12.0 Å². The van der Waals surface area contributed by atoms with E-state index in [0.717, 1.165) is 9.13 Å².